The summed E-state index contributed by atoms with van der Waals surface area (Å²) in [5.41, 5.74) is 3.87. The van der Waals surface area contributed by atoms with Crippen molar-refractivity contribution in [3.8, 4) is 0 Å². The molecule has 2 heterocycles. The number of hydrogen-bond acceptors (Lipinski definition) is 4. The van der Waals surface area contributed by atoms with Crippen LogP contribution in [0.1, 0.15) is 30.4 Å². The Balaban J connectivity index is 1.64. The first-order valence-electron chi connectivity index (χ1n) is 8.83. The van der Waals surface area contributed by atoms with Crippen LogP contribution in [0, 0.1) is 5.92 Å². The molecule has 1 saturated heterocycles. The van der Waals surface area contributed by atoms with Crippen molar-refractivity contribution >= 4 is 26.5 Å². The third-order valence-corrected chi connectivity index (χ3v) is 7.55. The Hall–Kier alpha value is -1.66. The van der Waals surface area contributed by atoms with E-state index in [2.05, 4.69) is 41.3 Å². The van der Waals surface area contributed by atoms with E-state index >= 15 is 0 Å². The van der Waals surface area contributed by atoms with Crippen molar-refractivity contribution in [2.24, 2.45) is 5.92 Å². The molecule has 2 aliphatic rings. The lowest BCUT2D eigenvalue weighted by atomic mass is 9.73. The molecule has 1 aromatic heterocycles. The molecular weight excluding hydrogens is 336 g/mol. The molecule has 0 amide bonds. The summed E-state index contributed by atoms with van der Waals surface area (Å²) in [5, 5.41) is 1.32. The van der Waals surface area contributed by atoms with Crippen LogP contribution in [-0.4, -0.2) is 55.2 Å². The number of rotatable bonds is 4. The normalized spacial score (nSPS) is 26.6. The highest BCUT2D eigenvalue weighted by molar-refractivity contribution is 7.92. The van der Waals surface area contributed by atoms with Gasteiger partial charge in [-0.05, 0) is 49.9 Å². The molecule has 1 aliphatic carbocycles. The number of nitrogens with zero attached hydrogens (tertiary/aromatic N) is 1. The number of carbonyl (C=O) groups is 1. The molecule has 1 aliphatic heterocycles. The van der Waals surface area contributed by atoms with Gasteiger partial charge in [-0.2, -0.15) is 0 Å². The van der Waals surface area contributed by atoms with E-state index in [0.717, 1.165) is 19.4 Å². The number of piperidine rings is 1. The van der Waals surface area contributed by atoms with Crippen molar-refractivity contribution < 1.29 is 13.2 Å². The van der Waals surface area contributed by atoms with E-state index in [9.17, 15) is 13.2 Å². The minimum Gasteiger partial charge on any atom is -0.361 e. The van der Waals surface area contributed by atoms with Crippen molar-refractivity contribution in [2.45, 2.75) is 31.7 Å². The van der Waals surface area contributed by atoms with E-state index in [1.807, 2.05) is 0 Å². The van der Waals surface area contributed by atoms with Crippen molar-refractivity contribution in [1.82, 2.24) is 9.88 Å². The van der Waals surface area contributed by atoms with Crippen molar-refractivity contribution in [2.75, 3.05) is 25.1 Å². The fourth-order valence-corrected chi connectivity index (χ4v) is 6.60. The van der Waals surface area contributed by atoms with E-state index in [1.165, 1.54) is 29.0 Å². The van der Waals surface area contributed by atoms with Gasteiger partial charge < -0.3 is 9.88 Å². The second-order valence-electron chi connectivity index (χ2n) is 7.76. The van der Waals surface area contributed by atoms with Gasteiger partial charge in [0.15, 0.2) is 9.84 Å². The molecule has 4 rings (SSSR count). The second kappa shape index (κ2) is 5.95. The maximum Gasteiger partial charge on any atom is 0.157 e. The zero-order chi connectivity index (χ0) is 17.8. The summed E-state index contributed by atoms with van der Waals surface area (Å²) in [7, 11) is -1.23. The van der Waals surface area contributed by atoms with Gasteiger partial charge in [-0.3, -0.25) is 4.79 Å². The van der Waals surface area contributed by atoms with Gasteiger partial charge in [0.05, 0.1) is 5.75 Å². The molecule has 0 spiro atoms. The number of sulfone groups is 1. The van der Waals surface area contributed by atoms with Crippen molar-refractivity contribution in [3.05, 3.63) is 35.5 Å². The fourth-order valence-electron chi connectivity index (χ4n) is 4.90. The topological polar surface area (TPSA) is 70.2 Å². The third-order valence-electron chi connectivity index (χ3n) is 5.73. The lowest BCUT2D eigenvalue weighted by Gasteiger charge is -2.45. The molecule has 1 N–H and O–H groups in total. The van der Waals surface area contributed by atoms with E-state index in [4.69, 9.17) is 0 Å². The predicted octanol–water partition coefficient (Wildman–Crippen LogP) is 2.13. The standard InChI is InChI=1S/C19H24N2O3S/c1-12(22)10-25(23,24)11-13-6-16-15-4-3-5-17-19(15)14(8-20-17)7-18(16)21(2)9-13/h3-5,8,13,16,18,20H,6-7,9-11H2,1-2H3. The summed E-state index contributed by atoms with van der Waals surface area (Å²) in [6, 6.07) is 6.79. The van der Waals surface area contributed by atoms with Gasteiger partial charge in [-0.15, -0.1) is 0 Å². The number of aromatic amines is 1. The number of ketones is 1. The Bertz CT molecular complexity index is 931. The molecule has 5 nitrogen and oxygen atoms in total. The van der Waals surface area contributed by atoms with Crippen LogP contribution in [-0.2, 0) is 21.1 Å². The summed E-state index contributed by atoms with van der Waals surface area (Å²) < 4.78 is 24.6. The number of carbonyl (C=O) groups excluding carboxylic acids is 1. The number of benzene rings is 1. The molecule has 1 fully saturated rings. The molecule has 134 valence electrons. The quantitative estimate of drug-likeness (QED) is 0.907. The third kappa shape index (κ3) is 3.02. The van der Waals surface area contributed by atoms with E-state index in [1.54, 1.807) is 0 Å². The summed E-state index contributed by atoms with van der Waals surface area (Å²) >= 11 is 0. The van der Waals surface area contributed by atoms with Crippen LogP contribution in [0.5, 0.6) is 0 Å². The van der Waals surface area contributed by atoms with E-state index < -0.39 is 9.84 Å². The van der Waals surface area contributed by atoms with Crippen LogP contribution in [0.25, 0.3) is 10.9 Å². The summed E-state index contributed by atoms with van der Waals surface area (Å²) in [5.74, 6) is -0.0781. The summed E-state index contributed by atoms with van der Waals surface area (Å²) in [6.45, 7) is 2.11. The maximum atomic E-state index is 12.3. The van der Waals surface area contributed by atoms with Crippen LogP contribution in [0.15, 0.2) is 24.4 Å². The smallest absolute Gasteiger partial charge is 0.157 e. The van der Waals surface area contributed by atoms with Gasteiger partial charge >= 0.3 is 0 Å². The Labute approximate surface area is 148 Å². The molecule has 3 atom stereocenters. The van der Waals surface area contributed by atoms with Crippen LogP contribution in [0.4, 0.5) is 0 Å². The second-order valence-corrected chi connectivity index (χ2v) is 9.87. The van der Waals surface area contributed by atoms with Gasteiger partial charge in [0.2, 0.25) is 0 Å². The Kier molecular flexibility index (Phi) is 4.00. The first kappa shape index (κ1) is 16.8. The largest absolute Gasteiger partial charge is 0.361 e. The van der Waals surface area contributed by atoms with Gasteiger partial charge in [0.1, 0.15) is 11.5 Å². The number of aromatic nitrogens is 1. The number of fused-ring (bicyclic) bond motifs is 2. The lowest BCUT2D eigenvalue weighted by Crippen LogP contribution is -2.49. The molecule has 2 aromatic rings. The van der Waals surface area contributed by atoms with Gasteiger partial charge in [-0.1, -0.05) is 12.1 Å². The summed E-state index contributed by atoms with van der Waals surface area (Å²) in [4.78, 5) is 16.9. The average Bonchev–Trinajstić information content (AvgIpc) is 2.91. The van der Waals surface area contributed by atoms with Crippen molar-refractivity contribution in [3.63, 3.8) is 0 Å². The number of likely N-dealkylation sites (N-methyl/N-ethyl adjacent to an activating group) is 1. The van der Waals surface area contributed by atoms with Gasteiger partial charge in [0.25, 0.3) is 0 Å². The van der Waals surface area contributed by atoms with Crippen molar-refractivity contribution in [1.29, 1.82) is 0 Å². The summed E-state index contributed by atoms with van der Waals surface area (Å²) in [6.07, 6.45) is 3.99. The molecule has 3 unspecified atom stereocenters. The Morgan fingerprint density at radius 2 is 2.16 bits per heavy atom. The van der Waals surface area contributed by atoms with E-state index in [-0.39, 0.29) is 23.2 Å². The minimum atomic E-state index is -3.33. The van der Waals surface area contributed by atoms with Crippen LogP contribution in [0.2, 0.25) is 0 Å². The first-order valence-corrected chi connectivity index (χ1v) is 10.6. The number of hydrogen-bond donors (Lipinski definition) is 1. The van der Waals surface area contributed by atoms with Crippen LogP contribution < -0.4 is 0 Å². The number of H-pyrrole nitrogens is 1. The zero-order valence-electron chi connectivity index (χ0n) is 14.7. The number of Topliss-reactive ketones (excluding diaryl/α,β-unsaturated/α-hetero) is 1. The minimum absolute atomic E-state index is 0.0753. The highest BCUT2D eigenvalue weighted by atomic mass is 32.2. The maximum absolute atomic E-state index is 12.3. The lowest BCUT2D eigenvalue weighted by molar-refractivity contribution is -0.114. The molecular formula is C19H24N2O3S. The molecule has 1 aromatic carbocycles. The fraction of sp³-hybridized carbons (Fsp3) is 0.526. The molecule has 6 heteroatoms. The predicted molar refractivity (Wildman–Crippen MR) is 98.6 cm³/mol. The monoisotopic (exact) mass is 360 g/mol. The van der Waals surface area contributed by atoms with Gasteiger partial charge in [0, 0.05) is 35.6 Å². The van der Waals surface area contributed by atoms with Crippen LogP contribution >= 0.6 is 0 Å². The highest BCUT2D eigenvalue weighted by Crippen LogP contribution is 2.44. The Morgan fingerprint density at radius 3 is 2.92 bits per heavy atom. The SMILES string of the molecule is CC(=O)CS(=O)(=O)CC1CC2c3cccc4[nH]cc(c34)CC2N(C)C1. The Morgan fingerprint density at radius 1 is 1.36 bits per heavy atom. The highest BCUT2D eigenvalue weighted by Gasteiger charge is 2.40. The van der Waals surface area contributed by atoms with E-state index in [0.29, 0.717) is 12.0 Å². The molecule has 25 heavy (non-hydrogen) atoms. The molecule has 0 radical (unpaired) electrons. The number of nitrogens with one attached hydrogen (secondary N) is 1. The first-order chi connectivity index (χ1) is 11.8. The van der Waals surface area contributed by atoms with Crippen LogP contribution in [0.3, 0.4) is 0 Å². The average molecular weight is 360 g/mol. The number of likely N-dealkylation sites (tertiary alicyclic amines) is 1. The van der Waals surface area contributed by atoms with Gasteiger partial charge in [-0.25, -0.2) is 8.42 Å². The molecule has 0 bridgehead atoms. The molecule has 0 saturated carbocycles. The zero-order valence-corrected chi connectivity index (χ0v) is 15.5.